The van der Waals surface area contributed by atoms with Crippen molar-refractivity contribution in [1.29, 1.82) is 0 Å². The standard InChI is InChI=1S/C15H21NO3/c17-13-4-2-1-3-12(13)16-10-11-5-6-14-15(9-11)19-8-7-18-14/h5-6,9,12-13,16-17H,1-4,7-8,10H2/t12-,13-/m0/s1. The van der Waals surface area contributed by atoms with E-state index in [-0.39, 0.29) is 12.1 Å². The number of hydrogen-bond donors (Lipinski definition) is 2. The van der Waals surface area contributed by atoms with Crippen molar-refractivity contribution >= 4 is 0 Å². The normalized spacial score (nSPS) is 26.2. The number of nitrogens with one attached hydrogen (secondary N) is 1. The van der Waals surface area contributed by atoms with E-state index in [1.807, 2.05) is 12.1 Å². The maximum absolute atomic E-state index is 9.93. The number of rotatable bonds is 3. The average molecular weight is 263 g/mol. The summed E-state index contributed by atoms with van der Waals surface area (Å²) in [7, 11) is 0. The van der Waals surface area contributed by atoms with Crippen LogP contribution in [0.5, 0.6) is 11.5 Å². The van der Waals surface area contributed by atoms with Gasteiger partial charge in [-0.1, -0.05) is 18.9 Å². The number of ether oxygens (including phenoxy) is 2. The largest absolute Gasteiger partial charge is 0.486 e. The number of aliphatic hydroxyl groups is 1. The summed E-state index contributed by atoms with van der Waals surface area (Å²) in [5.74, 6) is 1.66. The van der Waals surface area contributed by atoms with Crippen LogP contribution in [-0.2, 0) is 6.54 Å². The lowest BCUT2D eigenvalue weighted by Crippen LogP contribution is -2.41. The van der Waals surface area contributed by atoms with Crippen molar-refractivity contribution in [2.24, 2.45) is 0 Å². The highest BCUT2D eigenvalue weighted by Crippen LogP contribution is 2.30. The molecule has 0 unspecified atom stereocenters. The molecule has 0 saturated heterocycles. The van der Waals surface area contributed by atoms with Crippen molar-refractivity contribution in [3.05, 3.63) is 23.8 Å². The minimum Gasteiger partial charge on any atom is -0.486 e. The van der Waals surface area contributed by atoms with Gasteiger partial charge in [-0.3, -0.25) is 0 Å². The Morgan fingerprint density at radius 2 is 1.89 bits per heavy atom. The van der Waals surface area contributed by atoms with Gasteiger partial charge in [-0.05, 0) is 30.5 Å². The summed E-state index contributed by atoms with van der Waals surface area (Å²) in [6.45, 7) is 2.00. The highest BCUT2D eigenvalue weighted by Gasteiger charge is 2.22. The SMILES string of the molecule is O[C@H]1CCCC[C@@H]1NCc1ccc2c(c1)OCCO2. The average Bonchev–Trinajstić information content (AvgIpc) is 2.46. The summed E-state index contributed by atoms with van der Waals surface area (Å²) in [5, 5.41) is 13.4. The first-order valence-electron chi connectivity index (χ1n) is 7.13. The number of benzene rings is 1. The fraction of sp³-hybridized carbons (Fsp3) is 0.600. The number of fused-ring (bicyclic) bond motifs is 1. The molecule has 2 aliphatic rings. The molecular formula is C15H21NO3. The van der Waals surface area contributed by atoms with Crippen LogP contribution in [0.4, 0.5) is 0 Å². The van der Waals surface area contributed by atoms with Crippen LogP contribution < -0.4 is 14.8 Å². The van der Waals surface area contributed by atoms with Crippen molar-refractivity contribution in [2.45, 2.75) is 44.4 Å². The second kappa shape index (κ2) is 5.80. The van der Waals surface area contributed by atoms with E-state index in [2.05, 4.69) is 11.4 Å². The molecule has 0 spiro atoms. The van der Waals surface area contributed by atoms with Gasteiger partial charge in [-0.25, -0.2) is 0 Å². The number of aliphatic hydroxyl groups excluding tert-OH is 1. The van der Waals surface area contributed by atoms with E-state index in [1.54, 1.807) is 0 Å². The van der Waals surface area contributed by atoms with E-state index >= 15 is 0 Å². The molecule has 1 fully saturated rings. The predicted molar refractivity (Wildman–Crippen MR) is 72.5 cm³/mol. The molecular weight excluding hydrogens is 242 g/mol. The second-order valence-electron chi connectivity index (χ2n) is 5.32. The van der Waals surface area contributed by atoms with Crippen LogP contribution in [0.2, 0.25) is 0 Å². The van der Waals surface area contributed by atoms with E-state index < -0.39 is 0 Å². The molecule has 3 rings (SSSR count). The van der Waals surface area contributed by atoms with Crippen molar-refractivity contribution in [2.75, 3.05) is 13.2 Å². The van der Waals surface area contributed by atoms with E-state index in [0.717, 1.165) is 37.3 Å². The Bertz CT molecular complexity index is 435. The van der Waals surface area contributed by atoms with Crippen molar-refractivity contribution < 1.29 is 14.6 Å². The fourth-order valence-electron chi connectivity index (χ4n) is 2.80. The highest BCUT2D eigenvalue weighted by molar-refractivity contribution is 5.43. The van der Waals surface area contributed by atoms with Crippen molar-refractivity contribution in [3.63, 3.8) is 0 Å². The quantitative estimate of drug-likeness (QED) is 0.874. The second-order valence-corrected chi connectivity index (χ2v) is 5.32. The molecule has 2 atom stereocenters. The molecule has 19 heavy (non-hydrogen) atoms. The molecule has 0 aromatic heterocycles. The molecule has 4 nitrogen and oxygen atoms in total. The van der Waals surface area contributed by atoms with Gasteiger partial charge in [0.1, 0.15) is 13.2 Å². The summed E-state index contributed by atoms with van der Waals surface area (Å²) in [5.41, 5.74) is 1.17. The van der Waals surface area contributed by atoms with Crippen LogP contribution in [0.15, 0.2) is 18.2 Å². The molecule has 1 aromatic rings. The van der Waals surface area contributed by atoms with Crippen LogP contribution in [-0.4, -0.2) is 30.5 Å². The third-order valence-electron chi connectivity index (χ3n) is 3.90. The summed E-state index contributed by atoms with van der Waals surface area (Å²) in [4.78, 5) is 0. The highest BCUT2D eigenvalue weighted by atomic mass is 16.6. The smallest absolute Gasteiger partial charge is 0.161 e. The molecule has 0 radical (unpaired) electrons. The Kier molecular flexibility index (Phi) is 3.89. The summed E-state index contributed by atoms with van der Waals surface area (Å²) < 4.78 is 11.1. The van der Waals surface area contributed by atoms with Crippen LogP contribution in [0.1, 0.15) is 31.2 Å². The van der Waals surface area contributed by atoms with Gasteiger partial charge in [0.25, 0.3) is 0 Å². The summed E-state index contributed by atoms with van der Waals surface area (Å²) >= 11 is 0. The van der Waals surface area contributed by atoms with Gasteiger partial charge in [0.15, 0.2) is 11.5 Å². The first kappa shape index (κ1) is 12.8. The Morgan fingerprint density at radius 3 is 2.74 bits per heavy atom. The van der Waals surface area contributed by atoms with Gasteiger partial charge in [-0.2, -0.15) is 0 Å². The van der Waals surface area contributed by atoms with Crippen LogP contribution >= 0.6 is 0 Å². The first-order chi connectivity index (χ1) is 9.33. The Balaban J connectivity index is 1.60. The van der Waals surface area contributed by atoms with E-state index in [0.29, 0.717) is 13.2 Å². The van der Waals surface area contributed by atoms with Crippen LogP contribution in [0.25, 0.3) is 0 Å². The zero-order valence-corrected chi connectivity index (χ0v) is 11.1. The Hall–Kier alpha value is -1.26. The van der Waals surface area contributed by atoms with Gasteiger partial charge in [0, 0.05) is 12.6 Å². The zero-order valence-electron chi connectivity index (χ0n) is 11.1. The van der Waals surface area contributed by atoms with Crippen molar-refractivity contribution in [1.82, 2.24) is 5.32 Å². The van der Waals surface area contributed by atoms with E-state index in [9.17, 15) is 5.11 Å². The van der Waals surface area contributed by atoms with Crippen molar-refractivity contribution in [3.8, 4) is 11.5 Å². The lowest BCUT2D eigenvalue weighted by molar-refractivity contribution is 0.0902. The zero-order chi connectivity index (χ0) is 13.1. The van der Waals surface area contributed by atoms with Gasteiger partial charge in [-0.15, -0.1) is 0 Å². The molecule has 1 aliphatic carbocycles. The third kappa shape index (κ3) is 3.01. The fourth-order valence-corrected chi connectivity index (χ4v) is 2.80. The molecule has 4 heteroatoms. The van der Waals surface area contributed by atoms with Gasteiger partial charge in [0.2, 0.25) is 0 Å². The van der Waals surface area contributed by atoms with Gasteiger partial charge >= 0.3 is 0 Å². The molecule has 2 N–H and O–H groups in total. The Labute approximate surface area is 113 Å². The van der Waals surface area contributed by atoms with E-state index in [1.165, 1.54) is 12.0 Å². The first-order valence-corrected chi connectivity index (χ1v) is 7.13. The maximum atomic E-state index is 9.93. The minimum absolute atomic E-state index is 0.203. The number of hydrogen-bond acceptors (Lipinski definition) is 4. The molecule has 1 saturated carbocycles. The summed E-state index contributed by atoms with van der Waals surface area (Å²) in [6, 6.07) is 6.26. The third-order valence-corrected chi connectivity index (χ3v) is 3.90. The Morgan fingerprint density at radius 1 is 1.11 bits per heavy atom. The molecule has 0 amide bonds. The molecule has 1 aliphatic heterocycles. The molecule has 104 valence electrons. The topological polar surface area (TPSA) is 50.7 Å². The molecule has 0 bridgehead atoms. The molecule has 1 heterocycles. The van der Waals surface area contributed by atoms with E-state index in [4.69, 9.17) is 9.47 Å². The lowest BCUT2D eigenvalue weighted by atomic mass is 9.92. The predicted octanol–water partition coefficient (Wildman–Crippen LogP) is 1.85. The lowest BCUT2D eigenvalue weighted by Gasteiger charge is -2.28. The van der Waals surface area contributed by atoms with Crippen LogP contribution in [0, 0.1) is 0 Å². The minimum atomic E-state index is -0.203. The van der Waals surface area contributed by atoms with Gasteiger partial charge < -0.3 is 19.9 Å². The summed E-state index contributed by atoms with van der Waals surface area (Å²) in [6.07, 6.45) is 4.12. The maximum Gasteiger partial charge on any atom is 0.161 e. The van der Waals surface area contributed by atoms with Crippen LogP contribution in [0.3, 0.4) is 0 Å². The molecule has 1 aromatic carbocycles. The van der Waals surface area contributed by atoms with Gasteiger partial charge in [0.05, 0.1) is 6.10 Å². The monoisotopic (exact) mass is 263 g/mol.